The predicted octanol–water partition coefficient (Wildman–Crippen LogP) is 3.33. The second-order valence-corrected chi connectivity index (χ2v) is 2.01. The summed E-state index contributed by atoms with van der Waals surface area (Å²) in [6.07, 6.45) is 0. The topological polar surface area (TPSA) is 38.0 Å². The number of hydrazine groups is 1. The molecule has 0 radical (unpaired) electrons. The number of anilines is 1. The molecule has 2 heteroatoms. The number of rotatable bonds is 1. The first-order chi connectivity index (χ1) is 6.33. The zero-order valence-corrected chi connectivity index (χ0v) is 9.39. The first-order valence-electron chi connectivity index (χ1n) is 4.86. The van der Waals surface area contributed by atoms with E-state index in [-0.39, 0.29) is 0 Å². The van der Waals surface area contributed by atoms with Crippen LogP contribution in [0.4, 0.5) is 5.69 Å². The number of hydrogen-bond donors (Lipinski definition) is 2. The van der Waals surface area contributed by atoms with E-state index in [2.05, 4.69) is 5.43 Å². The average molecular weight is 182 g/mol. The van der Waals surface area contributed by atoms with Crippen molar-refractivity contribution in [1.82, 2.24) is 0 Å². The highest BCUT2D eigenvalue weighted by atomic mass is 15.2. The van der Waals surface area contributed by atoms with Gasteiger partial charge in [0, 0.05) is 5.69 Å². The van der Waals surface area contributed by atoms with Crippen molar-refractivity contribution in [2.75, 3.05) is 5.43 Å². The summed E-state index contributed by atoms with van der Waals surface area (Å²) in [4.78, 5) is 0. The van der Waals surface area contributed by atoms with Crippen molar-refractivity contribution < 1.29 is 0 Å². The monoisotopic (exact) mass is 182 g/mol. The SMILES string of the molecule is CC.CC.Cc1ccc(NN)cc1. The van der Waals surface area contributed by atoms with Crippen molar-refractivity contribution in [3.05, 3.63) is 29.8 Å². The van der Waals surface area contributed by atoms with Crippen LogP contribution >= 0.6 is 0 Å². The fourth-order valence-electron chi connectivity index (χ4n) is 0.650. The molecule has 0 amide bonds. The molecule has 1 rings (SSSR count). The lowest BCUT2D eigenvalue weighted by Gasteiger charge is -1.97. The Hall–Kier alpha value is -1.02. The minimum Gasteiger partial charge on any atom is -0.324 e. The summed E-state index contributed by atoms with van der Waals surface area (Å²) in [6.45, 7) is 10.0. The zero-order chi connectivity index (χ0) is 10.7. The van der Waals surface area contributed by atoms with Gasteiger partial charge in [0.2, 0.25) is 0 Å². The van der Waals surface area contributed by atoms with Gasteiger partial charge in [-0.05, 0) is 19.1 Å². The van der Waals surface area contributed by atoms with Crippen LogP contribution in [0.2, 0.25) is 0 Å². The first kappa shape index (κ1) is 14.5. The first-order valence-corrected chi connectivity index (χ1v) is 4.86. The third-order valence-electron chi connectivity index (χ3n) is 1.22. The molecule has 3 N–H and O–H groups in total. The van der Waals surface area contributed by atoms with Gasteiger partial charge in [-0.2, -0.15) is 0 Å². The predicted molar refractivity (Wildman–Crippen MR) is 61.7 cm³/mol. The molecule has 0 saturated heterocycles. The maximum Gasteiger partial charge on any atom is 0.0485 e. The van der Waals surface area contributed by atoms with Crippen molar-refractivity contribution in [1.29, 1.82) is 0 Å². The van der Waals surface area contributed by atoms with E-state index in [0.29, 0.717) is 0 Å². The van der Waals surface area contributed by atoms with Crippen LogP contribution in [-0.2, 0) is 0 Å². The van der Waals surface area contributed by atoms with Gasteiger partial charge in [-0.15, -0.1) is 0 Å². The molecular weight excluding hydrogens is 160 g/mol. The van der Waals surface area contributed by atoms with Crippen LogP contribution in [0.5, 0.6) is 0 Å². The molecule has 0 bridgehead atoms. The van der Waals surface area contributed by atoms with Crippen molar-refractivity contribution in [3.63, 3.8) is 0 Å². The summed E-state index contributed by atoms with van der Waals surface area (Å²) < 4.78 is 0. The van der Waals surface area contributed by atoms with Gasteiger partial charge in [-0.1, -0.05) is 45.4 Å². The number of nitrogens with two attached hydrogens (primary N) is 1. The third kappa shape index (κ3) is 7.34. The minimum absolute atomic E-state index is 0.945. The summed E-state index contributed by atoms with van der Waals surface area (Å²) in [5.41, 5.74) is 4.74. The molecule has 1 aromatic carbocycles. The van der Waals surface area contributed by atoms with Crippen LogP contribution in [0, 0.1) is 6.92 Å². The van der Waals surface area contributed by atoms with Crippen molar-refractivity contribution in [3.8, 4) is 0 Å². The molecule has 76 valence electrons. The number of aryl methyl sites for hydroxylation is 1. The molecule has 0 aliphatic heterocycles. The van der Waals surface area contributed by atoms with E-state index in [4.69, 9.17) is 5.84 Å². The smallest absolute Gasteiger partial charge is 0.0485 e. The van der Waals surface area contributed by atoms with Crippen LogP contribution in [0.25, 0.3) is 0 Å². The number of nitrogens with one attached hydrogen (secondary N) is 1. The van der Waals surface area contributed by atoms with E-state index in [1.165, 1.54) is 5.56 Å². The van der Waals surface area contributed by atoms with E-state index in [0.717, 1.165) is 5.69 Å². The van der Waals surface area contributed by atoms with Gasteiger partial charge in [0.1, 0.15) is 0 Å². The number of hydrogen-bond acceptors (Lipinski definition) is 2. The molecular formula is C11H22N2. The van der Waals surface area contributed by atoms with E-state index in [9.17, 15) is 0 Å². The van der Waals surface area contributed by atoms with E-state index in [1.54, 1.807) is 0 Å². The fraction of sp³-hybridized carbons (Fsp3) is 0.455. The van der Waals surface area contributed by atoms with Crippen LogP contribution < -0.4 is 11.3 Å². The van der Waals surface area contributed by atoms with Gasteiger partial charge in [-0.3, -0.25) is 5.84 Å². The lowest BCUT2D eigenvalue weighted by Crippen LogP contribution is -2.05. The Morgan fingerprint density at radius 1 is 0.923 bits per heavy atom. The average Bonchev–Trinajstić information content (AvgIpc) is 2.25. The molecule has 13 heavy (non-hydrogen) atoms. The van der Waals surface area contributed by atoms with Crippen molar-refractivity contribution >= 4 is 5.69 Å². The number of benzene rings is 1. The summed E-state index contributed by atoms with van der Waals surface area (Å²) >= 11 is 0. The molecule has 0 unspecified atom stereocenters. The lowest BCUT2D eigenvalue weighted by molar-refractivity contribution is 1.34. The van der Waals surface area contributed by atoms with Crippen LogP contribution in [0.15, 0.2) is 24.3 Å². The highest BCUT2D eigenvalue weighted by molar-refractivity contribution is 5.42. The van der Waals surface area contributed by atoms with Crippen molar-refractivity contribution in [2.24, 2.45) is 5.84 Å². The number of nitrogen functional groups attached to an aromatic ring is 1. The Bertz CT molecular complexity index is 180. The standard InChI is InChI=1S/C7H10N2.2C2H6/c1-6-2-4-7(9-8)5-3-6;2*1-2/h2-5,9H,8H2,1H3;2*1-2H3. The van der Waals surface area contributed by atoms with Gasteiger partial charge in [0.05, 0.1) is 0 Å². The largest absolute Gasteiger partial charge is 0.324 e. The summed E-state index contributed by atoms with van der Waals surface area (Å²) in [5, 5.41) is 0. The molecule has 0 spiro atoms. The fourth-order valence-corrected chi connectivity index (χ4v) is 0.650. The maximum absolute atomic E-state index is 5.15. The third-order valence-corrected chi connectivity index (χ3v) is 1.22. The molecule has 0 aliphatic rings. The molecule has 0 aromatic heterocycles. The van der Waals surface area contributed by atoms with E-state index >= 15 is 0 Å². The van der Waals surface area contributed by atoms with Gasteiger partial charge < -0.3 is 5.43 Å². The minimum atomic E-state index is 0.945. The van der Waals surface area contributed by atoms with Gasteiger partial charge in [0.25, 0.3) is 0 Å². The normalized spacial score (nSPS) is 7.23. The Morgan fingerprint density at radius 3 is 1.62 bits per heavy atom. The molecule has 0 aliphatic carbocycles. The molecule has 0 fully saturated rings. The highest BCUT2D eigenvalue weighted by Crippen LogP contribution is 2.05. The summed E-state index contributed by atoms with van der Waals surface area (Å²) in [6, 6.07) is 7.90. The Labute approximate surface area is 82.1 Å². The molecule has 0 atom stereocenters. The van der Waals surface area contributed by atoms with Gasteiger partial charge >= 0.3 is 0 Å². The van der Waals surface area contributed by atoms with Crippen LogP contribution in [-0.4, -0.2) is 0 Å². The van der Waals surface area contributed by atoms with Crippen LogP contribution in [0.3, 0.4) is 0 Å². The Balaban J connectivity index is 0. The second-order valence-electron chi connectivity index (χ2n) is 2.01. The lowest BCUT2D eigenvalue weighted by atomic mass is 10.2. The van der Waals surface area contributed by atoms with E-state index < -0.39 is 0 Å². The Morgan fingerprint density at radius 2 is 1.31 bits per heavy atom. The Kier molecular flexibility index (Phi) is 12.2. The summed E-state index contributed by atoms with van der Waals surface area (Å²) in [7, 11) is 0. The molecule has 0 saturated carbocycles. The highest BCUT2D eigenvalue weighted by Gasteiger charge is 1.84. The zero-order valence-electron chi connectivity index (χ0n) is 9.39. The maximum atomic E-state index is 5.15. The molecule has 2 nitrogen and oxygen atoms in total. The molecule has 1 aromatic rings. The molecule has 0 heterocycles. The van der Waals surface area contributed by atoms with Crippen molar-refractivity contribution in [2.45, 2.75) is 34.6 Å². The van der Waals surface area contributed by atoms with Crippen LogP contribution in [0.1, 0.15) is 33.3 Å². The van der Waals surface area contributed by atoms with Gasteiger partial charge in [0.15, 0.2) is 0 Å². The second kappa shape index (κ2) is 11.0. The summed E-state index contributed by atoms with van der Waals surface area (Å²) in [5.74, 6) is 5.15. The quantitative estimate of drug-likeness (QED) is 0.516. The van der Waals surface area contributed by atoms with Gasteiger partial charge in [-0.25, -0.2) is 0 Å². The van der Waals surface area contributed by atoms with E-state index in [1.807, 2.05) is 58.9 Å².